The molecule has 0 atom stereocenters. The first-order valence-corrected chi connectivity index (χ1v) is 3.72. The largest absolute Gasteiger partial charge is 0.369 e. The summed E-state index contributed by atoms with van der Waals surface area (Å²) in [6, 6.07) is 0. The number of nitrogens with zero attached hydrogens (tertiary/aromatic N) is 1. The Balaban J connectivity index is 0.00000121. The minimum absolute atomic E-state index is 0. The van der Waals surface area contributed by atoms with Gasteiger partial charge in [0.15, 0.2) is 0 Å². The average molecular weight is 193 g/mol. The molecule has 0 aromatic heterocycles. The van der Waals surface area contributed by atoms with Crippen molar-refractivity contribution in [3.63, 3.8) is 0 Å². The standard InChI is InChI=1S/C7H12N2O2.ClH/c8-7(11)6-1-3-9(5-10)4-2-6;/h5-6H,1-4H2,(H2,8,11);1H. The number of piperidine rings is 1. The van der Waals surface area contributed by atoms with Gasteiger partial charge in [0.05, 0.1) is 0 Å². The van der Waals surface area contributed by atoms with E-state index in [1.807, 2.05) is 0 Å². The molecule has 1 aliphatic heterocycles. The van der Waals surface area contributed by atoms with E-state index in [1.165, 1.54) is 0 Å². The number of nitrogens with two attached hydrogens (primary N) is 1. The number of primary amides is 1. The number of amides is 2. The van der Waals surface area contributed by atoms with E-state index in [0.717, 1.165) is 6.41 Å². The van der Waals surface area contributed by atoms with Crippen molar-refractivity contribution in [2.75, 3.05) is 13.1 Å². The molecule has 0 aromatic carbocycles. The van der Waals surface area contributed by atoms with E-state index >= 15 is 0 Å². The highest BCUT2D eigenvalue weighted by atomic mass is 35.5. The SMILES string of the molecule is Cl.NC(=O)C1CCN(C=O)CC1. The van der Waals surface area contributed by atoms with Crippen molar-refractivity contribution >= 4 is 24.7 Å². The zero-order chi connectivity index (χ0) is 8.27. The Bertz CT molecular complexity index is 167. The van der Waals surface area contributed by atoms with Crippen LogP contribution in [0.25, 0.3) is 0 Å². The topological polar surface area (TPSA) is 63.4 Å². The Morgan fingerprint density at radius 2 is 1.92 bits per heavy atom. The Hall–Kier alpha value is -0.770. The van der Waals surface area contributed by atoms with Gasteiger partial charge in [-0.05, 0) is 12.8 Å². The van der Waals surface area contributed by atoms with Crippen molar-refractivity contribution in [3.8, 4) is 0 Å². The summed E-state index contributed by atoms with van der Waals surface area (Å²) >= 11 is 0. The van der Waals surface area contributed by atoms with E-state index in [0.29, 0.717) is 25.9 Å². The van der Waals surface area contributed by atoms with Gasteiger partial charge in [-0.3, -0.25) is 9.59 Å². The predicted molar refractivity (Wildman–Crippen MR) is 46.8 cm³/mol. The molecule has 2 amide bonds. The van der Waals surface area contributed by atoms with Gasteiger partial charge < -0.3 is 10.6 Å². The predicted octanol–water partition coefficient (Wildman–Crippen LogP) is -0.238. The van der Waals surface area contributed by atoms with Crippen LogP contribution in [0.15, 0.2) is 0 Å². The monoisotopic (exact) mass is 192 g/mol. The highest BCUT2D eigenvalue weighted by molar-refractivity contribution is 5.85. The van der Waals surface area contributed by atoms with Crippen molar-refractivity contribution in [2.24, 2.45) is 11.7 Å². The number of hydrogen-bond donors (Lipinski definition) is 1. The number of carbonyl (C=O) groups excluding carboxylic acids is 2. The number of hydrogen-bond acceptors (Lipinski definition) is 2. The lowest BCUT2D eigenvalue weighted by Crippen LogP contribution is -2.37. The summed E-state index contributed by atoms with van der Waals surface area (Å²) in [7, 11) is 0. The second-order valence-electron chi connectivity index (χ2n) is 2.82. The molecule has 70 valence electrons. The molecule has 4 nitrogen and oxygen atoms in total. The van der Waals surface area contributed by atoms with Crippen LogP contribution < -0.4 is 5.73 Å². The molecule has 1 saturated heterocycles. The van der Waals surface area contributed by atoms with Crippen LogP contribution in [0.3, 0.4) is 0 Å². The minimum Gasteiger partial charge on any atom is -0.369 e. The first-order valence-electron chi connectivity index (χ1n) is 3.72. The lowest BCUT2D eigenvalue weighted by molar-refractivity contribution is -0.126. The molecule has 0 bridgehead atoms. The van der Waals surface area contributed by atoms with Crippen LogP contribution >= 0.6 is 12.4 Å². The van der Waals surface area contributed by atoms with E-state index in [9.17, 15) is 9.59 Å². The van der Waals surface area contributed by atoms with Gasteiger partial charge in [0.2, 0.25) is 12.3 Å². The Morgan fingerprint density at radius 1 is 1.42 bits per heavy atom. The van der Waals surface area contributed by atoms with Crippen molar-refractivity contribution in [2.45, 2.75) is 12.8 Å². The highest BCUT2D eigenvalue weighted by Gasteiger charge is 2.21. The van der Waals surface area contributed by atoms with Gasteiger partial charge in [-0.25, -0.2) is 0 Å². The van der Waals surface area contributed by atoms with E-state index in [4.69, 9.17) is 5.73 Å². The molecule has 1 rings (SSSR count). The van der Waals surface area contributed by atoms with Crippen LogP contribution in [0.2, 0.25) is 0 Å². The van der Waals surface area contributed by atoms with Gasteiger partial charge in [0, 0.05) is 19.0 Å². The average Bonchev–Trinajstić information content (AvgIpc) is 2.05. The van der Waals surface area contributed by atoms with Crippen molar-refractivity contribution < 1.29 is 9.59 Å². The second kappa shape index (κ2) is 4.98. The summed E-state index contributed by atoms with van der Waals surface area (Å²) < 4.78 is 0. The van der Waals surface area contributed by atoms with Gasteiger partial charge in [-0.1, -0.05) is 0 Å². The van der Waals surface area contributed by atoms with Crippen LogP contribution in [-0.2, 0) is 9.59 Å². The third-order valence-electron chi connectivity index (χ3n) is 2.08. The maximum absolute atomic E-state index is 10.7. The molecule has 2 N–H and O–H groups in total. The maximum Gasteiger partial charge on any atom is 0.220 e. The van der Waals surface area contributed by atoms with Crippen LogP contribution in [0.4, 0.5) is 0 Å². The van der Waals surface area contributed by atoms with Crippen LogP contribution in [-0.4, -0.2) is 30.3 Å². The fraction of sp³-hybridized carbons (Fsp3) is 0.714. The summed E-state index contributed by atoms with van der Waals surface area (Å²) in [5.74, 6) is -0.262. The fourth-order valence-electron chi connectivity index (χ4n) is 1.29. The molecule has 5 heteroatoms. The molecule has 1 fully saturated rings. The third-order valence-corrected chi connectivity index (χ3v) is 2.08. The quantitative estimate of drug-likeness (QED) is 0.614. The molecular weight excluding hydrogens is 180 g/mol. The van der Waals surface area contributed by atoms with Gasteiger partial charge in [-0.15, -0.1) is 12.4 Å². The van der Waals surface area contributed by atoms with Gasteiger partial charge >= 0.3 is 0 Å². The Morgan fingerprint density at radius 3 is 2.25 bits per heavy atom. The lowest BCUT2D eigenvalue weighted by Gasteiger charge is -2.26. The summed E-state index contributed by atoms with van der Waals surface area (Å²) in [5.41, 5.74) is 5.11. The van der Waals surface area contributed by atoms with E-state index in [-0.39, 0.29) is 24.2 Å². The summed E-state index contributed by atoms with van der Waals surface area (Å²) in [5, 5.41) is 0. The molecular formula is C7H13ClN2O2. The Kier molecular flexibility index (Phi) is 4.66. The van der Waals surface area contributed by atoms with Crippen LogP contribution in [0.1, 0.15) is 12.8 Å². The van der Waals surface area contributed by atoms with Gasteiger partial charge in [0.25, 0.3) is 0 Å². The summed E-state index contributed by atoms with van der Waals surface area (Å²) in [6.07, 6.45) is 2.25. The van der Waals surface area contributed by atoms with Gasteiger partial charge in [-0.2, -0.15) is 0 Å². The minimum atomic E-state index is -0.240. The zero-order valence-corrected chi connectivity index (χ0v) is 7.55. The molecule has 0 unspecified atom stereocenters. The number of rotatable bonds is 2. The van der Waals surface area contributed by atoms with E-state index in [2.05, 4.69) is 0 Å². The highest BCUT2D eigenvalue weighted by Crippen LogP contribution is 2.14. The molecule has 12 heavy (non-hydrogen) atoms. The van der Waals surface area contributed by atoms with Crippen LogP contribution in [0, 0.1) is 5.92 Å². The first-order chi connectivity index (χ1) is 5.24. The lowest BCUT2D eigenvalue weighted by atomic mass is 9.97. The van der Waals surface area contributed by atoms with Crippen molar-refractivity contribution in [3.05, 3.63) is 0 Å². The number of carbonyl (C=O) groups is 2. The van der Waals surface area contributed by atoms with Crippen molar-refractivity contribution in [1.29, 1.82) is 0 Å². The first kappa shape index (κ1) is 11.2. The van der Waals surface area contributed by atoms with Gasteiger partial charge in [0.1, 0.15) is 0 Å². The van der Waals surface area contributed by atoms with E-state index in [1.54, 1.807) is 4.90 Å². The maximum atomic E-state index is 10.7. The molecule has 1 aliphatic rings. The number of likely N-dealkylation sites (tertiary alicyclic amines) is 1. The normalized spacial score (nSPS) is 18.2. The smallest absolute Gasteiger partial charge is 0.220 e. The Labute approximate surface area is 77.5 Å². The van der Waals surface area contributed by atoms with Crippen molar-refractivity contribution in [1.82, 2.24) is 4.90 Å². The molecule has 0 saturated carbocycles. The zero-order valence-electron chi connectivity index (χ0n) is 6.73. The van der Waals surface area contributed by atoms with Crippen LogP contribution in [0.5, 0.6) is 0 Å². The summed E-state index contributed by atoms with van der Waals surface area (Å²) in [6.45, 7) is 1.33. The molecule has 1 heterocycles. The van der Waals surface area contributed by atoms with E-state index < -0.39 is 0 Å². The molecule has 0 aromatic rings. The summed E-state index contributed by atoms with van der Waals surface area (Å²) in [4.78, 5) is 22.6. The molecule has 0 radical (unpaired) electrons. The third kappa shape index (κ3) is 2.70. The fourth-order valence-corrected chi connectivity index (χ4v) is 1.29. The molecule has 0 spiro atoms. The second-order valence-corrected chi connectivity index (χ2v) is 2.82. The number of halogens is 1. The molecule has 0 aliphatic carbocycles.